The summed E-state index contributed by atoms with van der Waals surface area (Å²) in [6.45, 7) is 6.36. The molecule has 3 nitrogen and oxygen atoms in total. The molecule has 2 aromatic rings. The van der Waals surface area contributed by atoms with Crippen molar-refractivity contribution in [2.75, 3.05) is 0 Å². The molecule has 4 heteroatoms. The zero-order valence-corrected chi connectivity index (χ0v) is 13.8. The van der Waals surface area contributed by atoms with Crippen molar-refractivity contribution in [3.63, 3.8) is 0 Å². The standard InChI is InChI=1S/C14H11O.C2H3O2.Y/c1-11-6-5-9-13(10-11)14(15)12-7-3-2-4-8-12;1-2(3)4;/h2-10H,1H2;1H2,(H,3,4);/q2*-1;. The molecule has 0 saturated heterocycles. The molecule has 20 heavy (non-hydrogen) atoms. The van der Waals surface area contributed by atoms with E-state index in [-0.39, 0.29) is 38.5 Å². The third-order valence-electron chi connectivity index (χ3n) is 2.23. The quantitative estimate of drug-likeness (QED) is 0.674. The minimum Gasteiger partial charge on any atom is -0.503 e. The van der Waals surface area contributed by atoms with Crippen molar-refractivity contribution >= 4 is 11.8 Å². The second-order valence-corrected chi connectivity index (χ2v) is 3.79. The Hall–Kier alpha value is -1.58. The van der Waals surface area contributed by atoms with Gasteiger partial charge in [0.25, 0.3) is 0 Å². The van der Waals surface area contributed by atoms with E-state index in [0.717, 1.165) is 5.56 Å². The zero-order valence-electron chi connectivity index (χ0n) is 11.0. The van der Waals surface area contributed by atoms with Gasteiger partial charge in [0.2, 0.25) is 0 Å². The zero-order chi connectivity index (χ0) is 14.3. The molecule has 2 rings (SSSR count). The molecule has 0 amide bonds. The number of benzene rings is 2. The van der Waals surface area contributed by atoms with Gasteiger partial charge in [0, 0.05) is 38.3 Å². The van der Waals surface area contributed by atoms with Crippen LogP contribution in [-0.4, -0.2) is 16.9 Å². The summed E-state index contributed by atoms with van der Waals surface area (Å²) in [5.74, 6) is -1.04. The molecule has 0 saturated carbocycles. The topological polar surface area (TPSA) is 54.4 Å². The third kappa shape index (κ3) is 6.55. The van der Waals surface area contributed by atoms with Crippen LogP contribution >= 0.6 is 0 Å². The second kappa shape index (κ2) is 9.35. The molecule has 0 aromatic heterocycles. The van der Waals surface area contributed by atoms with Gasteiger partial charge in [-0.1, -0.05) is 36.4 Å². The van der Waals surface area contributed by atoms with E-state index < -0.39 is 5.97 Å². The monoisotopic (exact) mass is 343 g/mol. The van der Waals surface area contributed by atoms with Crippen LogP contribution in [0.3, 0.4) is 0 Å². The Balaban J connectivity index is 0.000000644. The van der Waals surface area contributed by atoms with Gasteiger partial charge in [0.15, 0.2) is 11.8 Å². The van der Waals surface area contributed by atoms with Gasteiger partial charge in [-0.3, -0.25) is 16.5 Å². The maximum atomic E-state index is 12.0. The largest absolute Gasteiger partial charge is 0.503 e. The normalized spacial score (nSPS) is 8.60. The van der Waals surface area contributed by atoms with Gasteiger partial charge >= 0.3 is 0 Å². The summed E-state index contributed by atoms with van der Waals surface area (Å²) in [6, 6.07) is 16.6. The van der Waals surface area contributed by atoms with E-state index in [1.807, 2.05) is 48.5 Å². The number of carboxylic acid groups (broad SMARTS) is 1. The van der Waals surface area contributed by atoms with E-state index >= 15 is 0 Å². The average molecular weight is 343 g/mol. The molecule has 2 aromatic carbocycles. The Morgan fingerprint density at radius 3 is 1.90 bits per heavy atom. The van der Waals surface area contributed by atoms with E-state index in [9.17, 15) is 4.79 Å². The molecule has 0 heterocycles. The molecular weight excluding hydrogens is 329 g/mol. The summed E-state index contributed by atoms with van der Waals surface area (Å²) in [7, 11) is 0. The molecule has 0 aliphatic heterocycles. The Bertz CT molecular complexity index is 561. The third-order valence-corrected chi connectivity index (χ3v) is 2.23. The number of rotatable bonds is 2. The predicted molar refractivity (Wildman–Crippen MR) is 73.8 cm³/mol. The van der Waals surface area contributed by atoms with Crippen LogP contribution in [0.15, 0.2) is 54.6 Å². The molecule has 0 aliphatic carbocycles. The molecule has 0 atom stereocenters. The van der Waals surface area contributed by atoms with Crippen LogP contribution in [0, 0.1) is 13.8 Å². The van der Waals surface area contributed by atoms with Crippen LogP contribution in [0.4, 0.5) is 0 Å². The van der Waals surface area contributed by atoms with Crippen LogP contribution in [-0.2, 0) is 37.5 Å². The van der Waals surface area contributed by atoms with Crippen molar-refractivity contribution in [3.05, 3.63) is 85.1 Å². The number of hydrogen-bond acceptors (Lipinski definition) is 2. The molecule has 101 valence electrons. The maximum absolute atomic E-state index is 12.0. The van der Waals surface area contributed by atoms with Crippen molar-refractivity contribution in [1.29, 1.82) is 0 Å². The summed E-state index contributed by atoms with van der Waals surface area (Å²) in [4.78, 5) is 20.9. The number of ketones is 1. The van der Waals surface area contributed by atoms with Crippen molar-refractivity contribution < 1.29 is 47.4 Å². The van der Waals surface area contributed by atoms with Crippen LogP contribution in [0.25, 0.3) is 0 Å². The molecule has 0 unspecified atom stereocenters. The van der Waals surface area contributed by atoms with E-state index in [4.69, 9.17) is 9.90 Å². The van der Waals surface area contributed by atoms with Gasteiger partial charge in [-0.25, -0.2) is 0 Å². The summed E-state index contributed by atoms with van der Waals surface area (Å²) in [5.41, 5.74) is 2.26. The van der Waals surface area contributed by atoms with E-state index in [1.165, 1.54) is 0 Å². The molecule has 0 bridgehead atoms. The summed E-state index contributed by atoms with van der Waals surface area (Å²) in [5, 5.41) is 7.31. The molecule has 1 radical (unpaired) electrons. The first-order valence-electron chi connectivity index (χ1n) is 5.57. The van der Waals surface area contributed by atoms with Crippen molar-refractivity contribution in [3.8, 4) is 0 Å². The fourth-order valence-corrected chi connectivity index (χ4v) is 1.47. The molecule has 1 N–H and O–H groups in total. The predicted octanol–water partition coefficient (Wildman–Crippen LogP) is 3.00. The fraction of sp³-hybridized carbons (Fsp3) is 0. The van der Waals surface area contributed by atoms with E-state index in [2.05, 4.69) is 13.8 Å². The van der Waals surface area contributed by atoms with Crippen LogP contribution in [0.2, 0.25) is 0 Å². The fourth-order valence-electron chi connectivity index (χ4n) is 1.47. The summed E-state index contributed by atoms with van der Waals surface area (Å²) < 4.78 is 0. The van der Waals surface area contributed by atoms with Crippen molar-refractivity contribution in [1.82, 2.24) is 0 Å². The molecule has 0 fully saturated rings. The van der Waals surface area contributed by atoms with Gasteiger partial charge < -0.3 is 5.11 Å². The number of carbonyl (C=O) groups excluding carboxylic acids is 1. The maximum Gasteiger partial charge on any atom is 0.180 e. The van der Waals surface area contributed by atoms with Crippen molar-refractivity contribution in [2.45, 2.75) is 0 Å². The van der Waals surface area contributed by atoms with E-state index in [1.54, 1.807) is 6.07 Å². The number of aliphatic carboxylic acids is 1. The van der Waals surface area contributed by atoms with E-state index in [0.29, 0.717) is 11.1 Å². The smallest absolute Gasteiger partial charge is 0.180 e. The Morgan fingerprint density at radius 1 is 0.900 bits per heavy atom. The first-order valence-corrected chi connectivity index (χ1v) is 5.57. The second-order valence-electron chi connectivity index (χ2n) is 3.79. The Morgan fingerprint density at radius 2 is 1.40 bits per heavy atom. The van der Waals surface area contributed by atoms with Gasteiger partial charge in [-0.2, -0.15) is 24.6 Å². The van der Waals surface area contributed by atoms with Crippen molar-refractivity contribution in [2.24, 2.45) is 0 Å². The Labute approximate surface area is 143 Å². The van der Waals surface area contributed by atoms with Gasteiger partial charge in [0.05, 0.1) is 0 Å². The number of carbonyl (C=O) groups is 2. The summed E-state index contributed by atoms with van der Waals surface area (Å²) in [6.07, 6.45) is 0. The first kappa shape index (κ1) is 18.4. The van der Waals surface area contributed by atoms with Gasteiger partial charge in [0.1, 0.15) is 0 Å². The van der Waals surface area contributed by atoms with Gasteiger partial charge in [-0.15, -0.1) is 6.07 Å². The number of carboxylic acids is 1. The Kier molecular flexibility index (Phi) is 8.61. The minimum absolute atomic E-state index is 0. The first-order chi connectivity index (χ1) is 9.00. The molecular formula is C16H14O3Y-2. The average Bonchev–Trinajstić information content (AvgIpc) is 2.38. The number of hydrogen-bond donors (Lipinski definition) is 1. The van der Waals surface area contributed by atoms with Crippen LogP contribution in [0.1, 0.15) is 21.5 Å². The summed E-state index contributed by atoms with van der Waals surface area (Å²) >= 11 is 0. The molecule has 0 aliphatic rings. The van der Waals surface area contributed by atoms with Crippen LogP contribution < -0.4 is 0 Å². The SMILES string of the molecule is [CH2-]C(=O)O.[CH2-]c1cccc(C(=O)c2ccccc2)c1.[Y]. The molecule has 0 spiro atoms. The van der Waals surface area contributed by atoms with Gasteiger partial charge in [-0.05, 0) is 5.56 Å². The van der Waals surface area contributed by atoms with Crippen LogP contribution in [0.5, 0.6) is 0 Å². The minimum atomic E-state index is -1.08.